The molecule has 2 aliphatic rings. The third kappa shape index (κ3) is 5.16. The van der Waals surface area contributed by atoms with Crippen molar-refractivity contribution in [1.29, 1.82) is 0 Å². The Balaban J connectivity index is 1.77. The first kappa shape index (κ1) is 27.0. The molecular formula is C30H33NO7. The number of nitrogens with one attached hydrogen (secondary N) is 1. The molecule has 0 fully saturated rings. The Kier molecular flexibility index (Phi) is 7.90. The van der Waals surface area contributed by atoms with Gasteiger partial charge in [-0.1, -0.05) is 18.2 Å². The number of ketones is 1. The molecule has 0 spiro atoms. The number of ether oxygens (including phenoxy) is 4. The van der Waals surface area contributed by atoms with Crippen LogP contribution in [0.1, 0.15) is 66.9 Å². The van der Waals surface area contributed by atoms with Crippen molar-refractivity contribution in [1.82, 2.24) is 5.32 Å². The fraction of sp³-hybridized carbons (Fsp3) is 0.367. The van der Waals surface area contributed by atoms with Crippen LogP contribution in [0.5, 0.6) is 11.5 Å². The molecule has 2 atom stereocenters. The molecule has 1 aliphatic heterocycles. The Labute approximate surface area is 222 Å². The lowest BCUT2D eigenvalue weighted by Gasteiger charge is -2.37. The maximum absolute atomic E-state index is 13.8. The van der Waals surface area contributed by atoms with Gasteiger partial charge in [-0.3, -0.25) is 4.79 Å². The zero-order valence-corrected chi connectivity index (χ0v) is 22.5. The summed E-state index contributed by atoms with van der Waals surface area (Å²) < 4.78 is 21.2. The summed E-state index contributed by atoms with van der Waals surface area (Å²) in [5.41, 5.74) is 4.43. The summed E-state index contributed by atoms with van der Waals surface area (Å²) in [7, 11) is 4.49. The average Bonchev–Trinajstić information content (AvgIpc) is 2.90. The summed E-state index contributed by atoms with van der Waals surface area (Å²) >= 11 is 0. The summed E-state index contributed by atoms with van der Waals surface area (Å²) in [6.45, 7) is 5.39. The number of allylic oxidation sites excluding steroid dienone is 3. The molecule has 8 nitrogen and oxygen atoms in total. The van der Waals surface area contributed by atoms with Crippen LogP contribution in [0.25, 0.3) is 0 Å². The smallest absolute Gasteiger partial charge is 0.337 e. The van der Waals surface area contributed by atoms with Gasteiger partial charge in [0.15, 0.2) is 17.3 Å². The molecule has 2 unspecified atom stereocenters. The Bertz CT molecular complexity index is 1320. The molecule has 0 saturated heterocycles. The molecule has 200 valence electrons. The summed E-state index contributed by atoms with van der Waals surface area (Å²) in [4.78, 5) is 39.0. The molecule has 2 aromatic carbocycles. The lowest BCUT2D eigenvalue weighted by Crippen LogP contribution is -2.36. The summed E-state index contributed by atoms with van der Waals surface area (Å²) in [6, 6.07) is 12.5. The van der Waals surface area contributed by atoms with Crippen LogP contribution in [-0.2, 0) is 19.1 Å². The SMILES string of the molecule is COC(=O)c1ccc(C2C(C(=O)OC(C)C)=C(C)NC3=C2C(=O)CC(c2ccc(OC)c(OC)c2)C3)cc1. The first-order valence-electron chi connectivity index (χ1n) is 12.5. The largest absolute Gasteiger partial charge is 0.493 e. The minimum Gasteiger partial charge on any atom is -0.493 e. The van der Waals surface area contributed by atoms with E-state index in [1.165, 1.54) is 7.11 Å². The zero-order valence-electron chi connectivity index (χ0n) is 22.5. The highest BCUT2D eigenvalue weighted by Crippen LogP contribution is 2.46. The van der Waals surface area contributed by atoms with Crippen molar-refractivity contribution >= 4 is 17.7 Å². The third-order valence-electron chi connectivity index (χ3n) is 6.93. The maximum Gasteiger partial charge on any atom is 0.337 e. The zero-order chi connectivity index (χ0) is 27.6. The highest BCUT2D eigenvalue weighted by atomic mass is 16.5. The monoisotopic (exact) mass is 519 g/mol. The second-order valence-corrected chi connectivity index (χ2v) is 9.70. The van der Waals surface area contributed by atoms with Gasteiger partial charge in [0.05, 0.1) is 38.6 Å². The molecule has 1 aliphatic carbocycles. The van der Waals surface area contributed by atoms with Crippen LogP contribution in [0.3, 0.4) is 0 Å². The van der Waals surface area contributed by atoms with Crippen LogP contribution in [0.15, 0.2) is 65.0 Å². The topological polar surface area (TPSA) is 100 Å². The molecule has 1 N–H and O–H groups in total. The lowest BCUT2D eigenvalue weighted by atomic mass is 9.71. The standard InChI is InChI=1S/C30H33NO7/c1-16(2)38-30(34)26-17(3)31-22-13-21(20-11-12-24(35-4)25(15-20)36-5)14-23(32)28(22)27(26)18-7-9-19(10-8-18)29(33)37-6/h7-12,15-16,21,27,31H,13-14H2,1-6H3. The normalized spacial score (nSPS) is 19.1. The molecule has 2 aromatic rings. The maximum atomic E-state index is 13.8. The molecular weight excluding hydrogens is 486 g/mol. The average molecular weight is 520 g/mol. The van der Waals surface area contributed by atoms with Crippen molar-refractivity contribution in [2.45, 2.75) is 51.6 Å². The number of hydrogen-bond donors (Lipinski definition) is 1. The number of benzene rings is 2. The van der Waals surface area contributed by atoms with E-state index in [0.717, 1.165) is 16.8 Å². The second kappa shape index (κ2) is 11.1. The Morgan fingerprint density at radius 1 is 0.895 bits per heavy atom. The van der Waals surface area contributed by atoms with E-state index in [-0.39, 0.29) is 24.2 Å². The minimum absolute atomic E-state index is 0.0528. The molecule has 8 heteroatoms. The number of hydrogen-bond acceptors (Lipinski definition) is 8. The highest BCUT2D eigenvalue weighted by molar-refractivity contribution is 6.04. The number of dihydropyridines is 1. The fourth-order valence-electron chi connectivity index (χ4n) is 5.19. The van der Waals surface area contributed by atoms with E-state index in [9.17, 15) is 14.4 Å². The van der Waals surface area contributed by atoms with Gasteiger partial charge in [-0.15, -0.1) is 0 Å². The van der Waals surface area contributed by atoms with Gasteiger partial charge >= 0.3 is 11.9 Å². The number of methoxy groups -OCH3 is 3. The first-order chi connectivity index (χ1) is 18.2. The fourth-order valence-corrected chi connectivity index (χ4v) is 5.19. The molecule has 1 heterocycles. The number of rotatable bonds is 7. The van der Waals surface area contributed by atoms with E-state index >= 15 is 0 Å². The number of esters is 2. The van der Waals surface area contributed by atoms with E-state index < -0.39 is 17.9 Å². The van der Waals surface area contributed by atoms with E-state index in [1.807, 2.05) is 25.1 Å². The minimum atomic E-state index is -0.622. The molecule has 38 heavy (non-hydrogen) atoms. The van der Waals surface area contributed by atoms with Gasteiger partial charge < -0.3 is 24.3 Å². The van der Waals surface area contributed by atoms with Crippen LogP contribution in [0, 0.1) is 0 Å². The quantitative estimate of drug-likeness (QED) is 0.521. The van der Waals surface area contributed by atoms with Crippen LogP contribution in [0.2, 0.25) is 0 Å². The second-order valence-electron chi connectivity index (χ2n) is 9.70. The van der Waals surface area contributed by atoms with Gasteiger partial charge in [0.25, 0.3) is 0 Å². The van der Waals surface area contributed by atoms with Crippen LogP contribution < -0.4 is 14.8 Å². The van der Waals surface area contributed by atoms with Crippen molar-refractivity contribution in [2.24, 2.45) is 0 Å². The summed E-state index contributed by atoms with van der Waals surface area (Å²) in [5, 5.41) is 3.35. The Hall–Kier alpha value is -4.07. The first-order valence-corrected chi connectivity index (χ1v) is 12.5. The summed E-state index contributed by atoms with van der Waals surface area (Å²) in [5.74, 6) is -0.462. The third-order valence-corrected chi connectivity index (χ3v) is 6.93. The number of carbonyl (C=O) groups is 3. The Morgan fingerprint density at radius 3 is 2.16 bits per heavy atom. The van der Waals surface area contributed by atoms with Crippen LogP contribution in [0.4, 0.5) is 0 Å². The summed E-state index contributed by atoms with van der Waals surface area (Å²) in [6.07, 6.45) is 0.534. The van der Waals surface area contributed by atoms with Gasteiger partial charge in [0.1, 0.15) is 0 Å². The van der Waals surface area contributed by atoms with Gasteiger partial charge in [-0.05, 0) is 68.5 Å². The molecule has 0 saturated carbocycles. The Morgan fingerprint density at radius 2 is 1.55 bits per heavy atom. The van der Waals surface area contributed by atoms with E-state index in [1.54, 1.807) is 52.3 Å². The van der Waals surface area contributed by atoms with Crippen LogP contribution in [-0.4, -0.2) is 45.2 Å². The van der Waals surface area contributed by atoms with Crippen LogP contribution >= 0.6 is 0 Å². The molecule has 0 aromatic heterocycles. The van der Waals surface area contributed by atoms with E-state index in [2.05, 4.69) is 5.32 Å². The predicted molar refractivity (Wildman–Crippen MR) is 141 cm³/mol. The number of Topliss-reactive ketones (excluding diaryl/α,β-unsaturated/α-hetero) is 1. The van der Waals surface area contributed by atoms with E-state index in [4.69, 9.17) is 18.9 Å². The van der Waals surface area contributed by atoms with Crippen molar-refractivity contribution < 1.29 is 33.3 Å². The highest BCUT2D eigenvalue weighted by Gasteiger charge is 2.41. The van der Waals surface area contributed by atoms with Gasteiger partial charge in [-0.2, -0.15) is 0 Å². The predicted octanol–water partition coefficient (Wildman–Crippen LogP) is 4.80. The molecule has 0 amide bonds. The van der Waals surface area contributed by atoms with Gasteiger partial charge in [0.2, 0.25) is 0 Å². The molecule has 4 rings (SSSR count). The number of carbonyl (C=O) groups excluding carboxylic acids is 3. The van der Waals surface area contributed by atoms with E-state index in [0.29, 0.717) is 40.3 Å². The molecule has 0 bridgehead atoms. The van der Waals surface area contributed by atoms with Crippen molar-refractivity contribution in [3.8, 4) is 11.5 Å². The lowest BCUT2D eigenvalue weighted by molar-refractivity contribution is -0.143. The van der Waals surface area contributed by atoms with Gasteiger partial charge in [0, 0.05) is 29.3 Å². The van der Waals surface area contributed by atoms with Crippen molar-refractivity contribution in [3.63, 3.8) is 0 Å². The van der Waals surface area contributed by atoms with Crippen molar-refractivity contribution in [3.05, 3.63) is 81.7 Å². The van der Waals surface area contributed by atoms with Gasteiger partial charge in [-0.25, -0.2) is 9.59 Å². The van der Waals surface area contributed by atoms with Crippen molar-refractivity contribution in [2.75, 3.05) is 21.3 Å². The molecule has 0 radical (unpaired) electrons.